The van der Waals surface area contributed by atoms with Gasteiger partial charge in [0.05, 0.1) is 11.0 Å². The Morgan fingerprint density at radius 1 is 1.10 bits per heavy atom. The molecule has 9 heteroatoms. The molecular weight excluding hydrogens is 412 g/mol. The minimum atomic E-state index is -0.649. The van der Waals surface area contributed by atoms with Crippen LogP contribution in [0.1, 0.15) is 22.5 Å². The molecular formula is C22H22N6O2S. The lowest BCUT2D eigenvalue weighted by Gasteiger charge is -2.31. The summed E-state index contributed by atoms with van der Waals surface area (Å²) in [7, 11) is 0. The molecule has 0 radical (unpaired) electrons. The van der Waals surface area contributed by atoms with Crippen LogP contribution in [0.5, 0.6) is 5.75 Å². The van der Waals surface area contributed by atoms with Gasteiger partial charge in [-0.25, -0.2) is 9.97 Å². The number of piperidine rings is 1. The number of nitrogens with zero attached hydrogens (tertiary/aromatic N) is 4. The van der Waals surface area contributed by atoms with Gasteiger partial charge in [0.25, 0.3) is 5.91 Å². The summed E-state index contributed by atoms with van der Waals surface area (Å²) >= 11 is 1.13. The third kappa shape index (κ3) is 3.62. The van der Waals surface area contributed by atoms with Crippen LogP contribution in [0.2, 0.25) is 0 Å². The van der Waals surface area contributed by atoms with Gasteiger partial charge in [-0.1, -0.05) is 6.07 Å². The van der Waals surface area contributed by atoms with E-state index >= 15 is 0 Å². The minimum absolute atomic E-state index is 0.118. The van der Waals surface area contributed by atoms with Crippen molar-refractivity contribution in [2.45, 2.75) is 18.9 Å². The Morgan fingerprint density at radius 2 is 1.87 bits per heavy atom. The van der Waals surface area contributed by atoms with Gasteiger partial charge >= 0.3 is 0 Å². The molecule has 1 amide bonds. The van der Waals surface area contributed by atoms with Gasteiger partial charge in [0.1, 0.15) is 27.8 Å². The summed E-state index contributed by atoms with van der Waals surface area (Å²) in [6, 6.07) is 11.9. The van der Waals surface area contributed by atoms with Gasteiger partial charge in [-0.05, 0) is 42.7 Å². The third-order valence-electron chi connectivity index (χ3n) is 5.65. The third-order valence-corrected chi connectivity index (χ3v) is 6.79. The van der Waals surface area contributed by atoms with E-state index in [1.807, 2.05) is 29.0 Å². The number of amides is 1. The number of rotatable bonds is 4. The Hall–Kier alpha value is -3.43. The number of imidazole rings is 1. The first kappa shape index (κ1) is 19.5. The molecule has 1 fully saturated rings. The van der Waals surface area contributed by atoms with Crippen molar-refractivity contribution in [2.24, 2.45) is 11.5 Å². The van der Waals surface area contributed by atoms with Crippen LogP contribution in [-0.2, 0) is 0 Å². The number of anilines is 1. The molecule has 0 bridgehead atoms. The van der Waals surface area contributed by atoms with Crippen molar-refractivity contribution in [1.29, 1.82) is 0 Å². The summed E-state index contributed by atoms with van der Waals surface area (Å²) in [5, 5.41) is 10.6. The normalized spacial score (nSPS) is 14.9. The van der Waals surface area contributed by atoms with Crippen LogP contribution >= 0.6 is 11.3 Å². The van der Waals surface area contributed by atoms with Crippen molar-refractivity contribution in [2.75, 3.05) is 18.0 Å². The number of fused-ring (bicyclic) bond motifs is 1. The van der Waals surface area contributed by atoms with E-state index in [1.165, 1.54) is 6.07 Å². The number of pyridine rings is 1. The molecule has 1 saturated heterocycles. The molecule has 0 spiro atoms. The zero-order valence-corrected chi connectivity index (χ0v) is 17.5. The van der Waals surface area contributed by atoms with Crippen molar-refractivity contribution >= 4 is 34.1 Å². The molecule has 3 aromatic heterocycles. The van der Waals surface area contributed by atoms with E-state index in [2.05, 4.69) is 27.0 Å². The molecule has 5 rings (SSSR count). The summed E-state index contributed by atoms with van der Waals surface area (Å²) in [5.74, 6) is 0.209. The predicted molar refractivity (Wildman–Crippen MR) is 122 cm³/mol. The topological polar surface area (TPSA) is 123 Å². The van der Waals surface area contributed by atoms with Gasteiger partial charge in [0.2, 0.25) is 0 Å². The first-order valence-electron chi connectivity index (χ1n) is 10.1. The SMILES string of the molecule is NC(=O)c1sc(-n2cnc3cc(-c4ccc(N5CCC(N)CC5)nc4)ccc32)cc1O. The van der Waals surface area contributed by atoms with Crippen LogP contribution in [-0.4, -0.2) is 44.7 Å². The van der Waals surface area contributed by atoms with E-state index in [0.717, 1.165) is 65.2 Å². The van der Waals surface area contributed by atoms with E-state index < -0.39 is 5.91 Å². The van der Waals surface area contributed by atoms with Crippen molar-refractivity contribution in [1.82, 2.24) is 14.5 Å². The summed E-state index contributed by atoms with van der Waals surface area (Å²) in [4.78, 5) is 23.0. The Balaban J connectivity index is 1.42. The van der Waals surface area contributed by atoms with Gasteiger partial charge in [-0.2, -0.15) is 0 Å². The lowest BCUT2D eigenvalue weighted by Crippen LogP contribution is -2.40. The largest absolute Gasteiger partial charge is 0.506 e. The molecule has 4 aromatic rings. The van der Waals surface area contributed by atoms with E-state index in [9.17, 15) is 9.90 Å². The van der Waals surface area contributed by atoms with Crippen molar-refractivity contribution in [3.63, 3.8) is 0 Å². The highest BCUT2D eigenvalue weighted by atomic mass is 32.1. The van der Waals surface area contributed by atoms with Crippen LogP contribution in [0.15, 0.2) is 48.9 Å². The van der Waals surface area contributed by atoms with Gasteiger partial charge in [-0.3, -0.25) is 9.36 Å². The summed E-state index contributed by atoms with van der Waals surface area (Å²) < 4.78 is 1.83. The minimum Gasteiger partial charge on any atom is -0.506 e. The number of aromatic nitrogens is 3. The number of thiophene rings is 1. The fourth-order valence-electron chi connectivity index (χ4n) is 3.90. The molecule has 158 valence electrons. The Kier molecular flexibility index (Phi) is 4.84. The highest BCUT2D eigenvalue weighted by Gasteiger charge is 2.18. The number of primary amides is 1. The molecule has 0 aliphatic carbocycles. The molecule has 1 aromatic carbocycles. The second-order valence-electron chi connectivity index (χ2n) is 7.71. The molecule has 5 N–H and O–H groups in total. The van der Waals surface area contributed by atoms with Crippen LogP contribution in [0, 0.1) is 0 Å². The molecule has 0 unspecified atom stereocenters. The molecule has 0 atom stereocenters. The zero-order chi connectivity index (χ0) is 21.5. The van der Waals surface area contributed by atoms with Crippen molar-refractivity contribution in [3.8, 4) is 21.9 Å². The van der Waals surface area contributed by atoms with Gasteiger partial charge in [0.15, 0.2) is 0 Å². The number of aromatic hydroxyl groups is 1. The summed E-state index contributed by atoms with van der Waals surface area (Å²) in [5.41, 5.74) is 15.0. The summed E-state index contributed by atoms with van der Waals surface area (Å²) in [6.45, 7) is 1.87. The average molecular weight is 435 g/mol. The molecule has 31 heavy (non-hydrogen) atoms. The maximum absolute atomic E-state index is 11.4. The van der Waals surface area contributed by atoms with E-state index in [-0.39, 0.29) is 10.6 Å². The Labute approximate surface area is 182 Å². The number of hydrogen-bond donors (Lipinski definition) is 3. The standard InChI is InChI=1S/C22H22N6O2S/c23-15-5-7-27(8-6-15)19-4-2-14(11-25-19)13-1-3-17-16(9-13)26-12-28(17)20-10-18(29)21(31-20)22(24)30/h1-4,9-12,15,29H,5-8,23H2,(H2,24,30). The lowest BCUT2D eigenvalue weighted by atomic mass is 10.1. The molecule has 4 heterocycles. The number of carbonyl (C=O) groups is 1. The zero-order valence-electron chi connectivity index (χ0n) is 16.7. The number of carbonyl (C=O) groups excluding carboxylic acids is 1. The molecule has 1 aliphatic rings. The van der Waals surface area contributed by atoms with Crippen molar-refractivity contribution < 1.29 is 9.90 Å². The molecule has 1 aliphatic heterocycles. The summed E-state index contributed by atoms with van der Waals surface area (Å²) in [6.07, 6.45) is 5.54. The highest BCUT2D eigenvalue weighted by Crippen LogP contribution is 2.33. The molecule has 0 saturated carbocycles. The fraction of sp³-hybridized carbons (Fsp3) is 0.227. The first-order valence-corrected chi connectivity index (χ1v) is 10.9. The van der Waals surface area contributed by atoms with Crippen LogP contribution < -0.4 is 16.4 Å². The highest BCUT2D eigenvalue weighted by molar-refractivity contribution is 7.16. The van der Waals surface area contributed by atoms with E-state index in [0.29, 0.717) is 11.0 Å². The molecule has 8 nitrogen and oxygen atoms in total. The average Bonchev–Trinajstić information content (AvgIpc) is 3.37. The predicted octanol–water partition coefficient (Wildman–Crippen LogP) is 2.88. The van der Waals surface area contributed by atoms with Gasteiger partial charge < -0.3 is 21.5 Å². The van der Waals surface area contributed by atoms with Crippen molar-refractivity contribution in [3.05, 3.63) is 53.8 Å². The van der Waals surface area contributed by atoms with Crippen LogP contribution in [0.3, 0.4) is 0 Å². The van der Waals surface area contributed by atoms with Gasteiger partial charge in [-0.15, -0.1) is 11.3 Å². The van der Waals surface area contributed by atoms with E-state index in [4.69, 9.17) is 11.5 Å². The Morgan fingerprint density at radius 3 is 2.55 bits per heavy atom. The number of benzene rings is 1. The monoisotopic (exact) mass is 434 g/mol. The quantitative estimate of drug-likeness (QED) is 0.454. The smallest absolute Gasteiger partial charge is 0.262 e. The second-order valence-corrected chi connectivity index (χ2v) is 8.74. The number of hydrogen-bond acceptors (Lipinski definition) is 7. The fourth-order valence-corrected chi connectivity index (χ4v) is 4.79. The second kappa shape index (κ2) is 7.68. The Bertz CT molecular complexity index is 1250. The maximum Gasteiger partial charge on any atom is 0.262 e. The van der Waals surface area contributed by atoms with Gasteiger partial charge in [0, 0.05) is 37.0 Å². The number of nitrogens with two attached hydrogens (primary N) is 2. The maximum atomic E-state index is 11.4. The van der Waals surface area contributed by atoms with Crippen LogP contribution in [0.4, 0.5) is 5.82 Å². The lowest BCUT2D eigenvalue weighted by molar-refractivity contribution is 0.100. The van der Waals surface area contributed by atoms with E-state index in [1.54, 1.807) is 6.33 Å². The first-order chi connectivity index (χ1) is 15.0. The van der Waals surface area contributed by atoms with Crippen LogP contribution in [0.25, 0.3) is 27.2 Å².